The van der Waals surface area contributed by atoms with E-state index >= 15 is 0 Å². The number of halogens is 1. The third-order valence-electron chi connectivity index (χ3n) is 3.91. The summed E-state index contributed by atoms with van der Waals surface area (Å²) in [5.41, 5.74) is 2.26. The van der Waals surface area contributed by atoms with E-state index in [2.05, 4.69) is 24.3 Å². The van der Waals surface area contributed by atoms with Crippen LogP contribution in [0.15, 0.2) is 53.4 Å². The Morgan fingerprint density at radius 3 is 2.85 bits per heavy atom. The summed E-state index contributed by atoms with van der Waals surface area (Å²) in [6.07, 6.45) is 0.865. The highest BCUT2D eigenvalue weighted by Gasteiger charge is 2.26. The molecule has 1 N–H and O–H groups in total. The molecule has 1 aliphatic heterocycles. The predicted octanol–water partition coefficient (Wildman–Crippen LogP) is 4.18. The normalized spacial score (nSPS) is 18.8. The minimum absolute atomic E-state index is 0.00227. The van der Waals surface area contributed by atoms with Crippen LogP contribution < -0.4 is 0 Å². The number of benzene rings is 2. The molecule has 3 rings (SSSR count). The summed E-state index contributed by atoms with van der Waals surface area (Å²) in [6.45, 7) is 0.0623. The molecule has 3 heteroatoms. The average molecular weight is 288 g/mol. The van der Waals surface area contributed by atoms with Gasteiger partial charge in [-0.05, 0) is 41.7 Å². The Bertz CT molecular complexity index is 599. The first-order chi connectivity index (χ1) is 9.78. The molecule has 0 aromatic heterocycles. The highest BCUT2D eigenvalue weighted by atomic mass is 32.2. The Morgan fingerprint density at radius 2 is 2.05 bits per heavy atom. The van der Waals surface area contributed by atoms with E-state index in [-0.39, 0.29) is 18.3 Å². The summed E-state index contributed by atoms with van der Waals surface area (Å²) in [4.78, 5) is 1.34. The Morgan fingerprint density at radius 1 is 1.20 bits per heavy atom. The lowest BCUT2D eigenvalue weighted by molar-refractivity contribution is 0.254. The molecule has 2 aromatic rings. The number of aliphatic hydroxyl groups excluding tert-OH is 1. The molecular formula is C17H17FOS. The summed E-state index contributed by atoms with van der Waals surface area (Å²) in [5.74, 6) is 1.26. The second kappa shape index (κ2) is 5.98. The van der Waals surface area contributed by atoms with E-state index in [9.17, 15) is 9.50 Å². The molecule has 0 radical (unpaired) electrons. The van der Waals surface area contributed by atoms with Crippen molar-refractivity contribution in [2.75, 3.05) is 12.4 Å². The third-order valence-corrected chi connectivity index (χ3v) is 5.16. The van der Waals surface area contributed by atoms with E-state index in [1.54, 1.807) is 6.07 Å². The summed E-state index contributed by atoms with van der Waals surface area (Å²) < 4.78 is 13.3. The van der Waals surface area contributed by atoms with Crippen LogP contribution in [-0.4, -0.2) is 17.5 Å². The van der Waals surface area contributed by atoms with E-state index in [4.69, 9.17) is 0 Å². The molecule has 0 saturated carbocycles. The van der Waals surface area contributed by atoms with Crippen molar-refractivity contribution in [3.63, 3.8) is 0 Å². The van der Waals surface area contributed by atoms with E-state index in [1.807, 2.05) is 17.8 Å². The monoisotopic (exact) mass is 288 g/mol. The van der Waals surface area contributed by atoms with Gasteiger partial charge in [-0.3, -0.25) is 0 Å². The van der Waals surface area contributed by atoms with Crippen LogP contribution in [0, 0.1) is 5.82 Å². The smallest absolute Gasteiger partial charge is 0.123 e. The van der Waals surface area contributed by atoms with E-state index < -0.39 is 0 Å². The quantitative estimate of drug-likeness (QED) is 0.910. The van der Waals surface area contributed by atoms with Gasteiger partial charge >= 0.3 is 0 Å². The van der Waals surface area contributed by atoms with Crippen LogP contribution in [0.25, 0.3) is 0 Å². The molecule has 1 nitrogen and oxygen atoms in total. The molecular weight excluding hydrogens is 271 g/mol. The predicted molar refractivity (Wildman–Crippen MR) is 80.8 cm³/mol. The lowest BCUT2D eigenvalue weighted by Crippen LogP contribution is -2.10. The summed E-state index contributed by atoms with van der Waals surface area (Å²) in [6, 6.07) is 15.0. The van der Waals surface area contributed by atoms with Crippen LogP contribution in [0.4, 0.5) is 4.39 Å². The van der Waals surface area contributed by atoms with Crippen LogP contribution in [0.5, 0.6) is 0 Å². The van der Waals surface area contributed by atoms with Gasteiger partial charge in [0.05, 0.1) is 0 Å². The van der Waals surface area contributed by atoms with Gasteiger partial charge < -0.3 is 5.11 Å². The second-order valence-electron chi connectivity index (χ2n) is 5.22. The van der Waals surface area contributed by atoms with Crippen molar-refractivity contribution in [1.82, 2.24) is 0 Å². The Kier molecular flexibility index (Phi) is 4.08. The molecule has 0 aliphatic carbocycles. The first-order valence-corrected chi connectivity index (χ1v) is 7.84. The molecule has 0 saturated heterocycles. The highest BCUT2D eigenvalue weighted by Crippen LogP contribution is 2.43. The van der Waals surface area contributed by atoms with Crippen LogP contribution >= 0.6 is 11.8 Å². The van der Waals surface area contributed by atoms with Gasteiger partial charge in [-0.25, -0.2) is 4.39 Å². The molecule has 2 aromatic carbocycles. The van der Waals surface area contributed by atoms with Crippen molar-refractivity contribution in [3.8, 4) is 0 Å². The Labute approximate surface area is 122 Å². The minimum atomic E-state index is -0.234. The van der Waals surface area contributed by atoms with Crippen LogP contribution in [0.2, 0.25) is 0 Å². The fourth-order valence-corrected chi connectivity index (χ4v) is 4.12. The molecule has 20 heavy (non-hydrogen) atoms. The summed E-state index contributed by atoms with van der Waals surface area (Å²) in [7, 11) is 0. The zero-order valence-corrected chi connectivity index (χ0v) is 11.9. The fraction of sp³-hybridized carbons (Fsp3) is 0.294. The van der Waals surface area contributed by atoms with Gasteiger partial charge in [-0.15, -0.1) is 11.8 Å². The van der Waals surface area contributed by atoms with Crippen molar-refractivity contribution < 1.29 is 9.50 Å². The van der Waals surface area contributed by atoms with Crippen LogP contribution in [0.3, 0.4) is 0 Å². The lowest BCUT2D eigenvalue weighted by atomic mass is 9.86. The van der Waals surface area contributed by atoms with E-state index in [0.717, 1.165) is 17.7 Å². The summed E-state index contributed by atoms with van der Waals surface area (Å²) >= 11 is 1.87. The molecule has 2 unspecified atom stereocenters. The minimum Gasteiger partial charge on any atom is -0.396 e. The van der Waals surface area contributed by atoms with E-state index in [0.29, 0.717) is 5.92 Å². The zero-order chi connectivity index (χ0) is 13.9. The largest absolute Gasteiger partial charge is 0.396 e. The Hall–Kier alpha value is -1.32. The highest BCUT2D eigenvalue weighted by molar-refractivity contribution is 7.99. The van der Waals surface area contributed by atoms with Gasteiger partial charge in [-0.2, -0.15) is 0 Å². The molecule has 2 atom stereocenters. The van der Waals surface area contributed by atoms with E-state index in [1.165, 1.54) is 22.6 Å². The number of rotatable bonds is 4. The van der Waals surface area contributed by atoms with Crippen LogP contribution in [-0.2, 0) is 0 Å². The maximum Gasteiger partial charge on any atom is 0.123 e. The molecule has 0 amide bonds. The number of hydrogen-bond acceptors (Lipinski definition) is 2. The SMILES string of the molecule is OCC(CC1CSc2ccccc21)c1cccc(F)c1. The van der Waals surface area contributed by atoms with Crippen molar-refractivity contribution in [2.45, 2.75) is 23.2 Å². The van der Waals surface area contributed by atoms with Crippen molar-refractivity contribution in [3.05, 3.63) is 65.5 Å². The maximum atomic E-state index is 13.3. The van der Waals surface area contributed by atoms with Gasteiger partial charge in [-0.1, -0.05) is 30.3 Å². The molecule has 0 spiro atoms. The number of thioether (sulfide) groups is 1. The van der Waals surface area contributed by atoms with Crippen molar-refractivity contribution in [2.24, 2.45) is 0 Å². The Balaban J connectivity index is 1.80. The fourth-order valence-electron chi connectivity index (χ4n) is 2.84. The summed E-state index contributed by atoms with van der Waals surface area (Å²) in [5, 5.41) is 9.65. The zero-order valence-electron chi connectivity index (χ0n) is 11.1. The number of aliphatic hydroxyl groups is 1. The van der Waals surface area contributed by atoms with Crippen molar-refractivity contribution >= 4 is 11.8 Å². The molecule has 1 aliphatic rings. The van der Waals surface area contributed by atoms with Gasteiger partial charge in [0.2, 0.25) is 0 Å². The first-order valence-electron chi connectivity index (χ1n) is 6.86. The lowest BCUT2D eigenvalue weighted by Gasteiger charge is -2.19. The van der Waals surface area contributed by atoms with Gasteiger partial charge in [0.25, 0.3) is 0 Å². The number of hydrogen-bond donors (Lipinski definition) is 1. The standard InChI is InChI=1S/C17H17FOS/c18-15-5-3-4-12(9-15)13(10-19)8-14-11-20-17-7-2-1-6-16(14)17/h1-7,9,13-14,19H,8,10-11H2. The molecule has 0 bridgehead atoms. The maximum absolute atomic E-state index is 13.3. The average Bonchev–Trinajstić information content (AvgIpc) is 2.88. The third kappa shape index (κ3) is 2.74. The number of fused-ring (bicyclic) bond motifs is 1. The topological polar surface area (TPSA) is 20.2 Å². The molecule has 104 valence electrons. The van der Waals surface area contributed by atoms with Crippen molar-refractivity contribution in [1.29, 1.82) is 0 Å². The second-order valence-corrected chi connectivity index (χ2v) is 6.28. The first kappa shape index (κ1) is 13.7. The van der Waals surface area contributed by atoms with Gasteiger partial charge in [0, 0.05) is 23.2 Å². The van der Waals surface area contributed by atoms with Gasteiger partial charge in [0.15, 0.2) is 0 Å². The molecule has 0 fully saturated rings. The van der Waals surface area contributed by atoms with Crippen LogP contribution in [0.1, 0.15) is 29.4 Å². The van der Waals surface area contributed by atoms with Gasteiger partial charge in [0.1, 0.15) is 5.82 Å². The molecule has 1 heterocycles.